The first kappa shape index (κ1) is 32.0. The largest absolute Gasteiger partial charge is 0.508 e. The van der Waals surface area contributed by atoms with Crippen molar-refractivity contribution in [1.29, 1.82) is 0 Å². The SMILES string of the molecule is COc1ccc(O)c(C2C3=CCC4C(=O)N(c5ccc(Br)cc5)C(=O)C4C3CC3C(=O)N(Nc4ccc(C)cc4)C(=O)C32c2ccccc2)c1. The van der Waals surface area contributed by atoms with Crippen LogP contribution < -0.4 is 15.1 Å². The lowest BCUT2D eigenvalue weighted by Crippen LogP contribution is -2.53. The molecule has 0 bridgehead atoms. The minimum Gasteiger partial charge on any atom is -0.508 e. The van der Waals surface area contributed by atoms with Gasteiger partial charge < -0.3 is 9.84 Å². The van der Waals surface area contributed by atoms with Crippen LogP contribution in [0.2, 0.25) is 0 Å². The Labute approximate surface area is 297 Å². The lowest BCUT2D eigenvalue weighted by atomic mass is 9.49. The number of fused-ring (bicyclic) bond motifs is 4. The van der Waals surface area contributed by atoms with Gasteiger partial charge >= 0.3 is 0 Å². The van der Waals surface area contributed by atoms with Crippen LogP contribution >= 0.6 is 15.9 Å². The molecule has 3 fully saturated rings. The van der Waals surface area contributed by atoms with Crippen molar-refractivity contribution in [2.75, 3.05) is 17.4 Å². The number of nitrogens with zero attached hydrogens (tertiary/aromatic N) is 2. The molecule has 4 aliphatic rings. The van der Waals surface area contributed by atoms with Crippen LogP contribution in [0.15, 0.2) is 113 Å². The summed E-state index contributed by atoms with van der Waals surface area (Å²) < 4.78 is 6.42. The van der Waals surface area contributed by atoms with E-state index in [0.717, 1.165) is 20.6 Å². The van der Waals surface area contributed by atoms with Crippen molar-refractivity contribution in [1.82, 2.24) is 5.01 Å². The molecule has 50 heavy (non-hydrogen) atoms. The van der Waals surface area contributed by atoms with Crippen molar-refractivity contribution in [3.05, 3.63) is 130 Å². The van der Waals surface area contributed by atoms with Gasteiger partial charge in [0.1, 0.15) is 11.5 Å². The van der Waals surface area contributed by atoms with Gasteiger partial charge in [0, 0.05) is 16.0 Å². The van der Waals surface area contributed by atoms with Gasteiger partial charge in [0.25, 0.3) is 11.8 Å². The van der Waals surface area contributed by atoms with Gasteiger partial charge in [-0.15, -0.1) is 0 Å². The van der Waals surface area contributed by atoms with Crippen LogP contribution in [0.25, 0.3) is 0 Å². The highest BCUT2D eigenvalue weighted by Gasteiger charge is 2.70. The fraction of sp³-hybridized carbons (Fsp3) is 0.250. The molecule has 2 heterocycles. The summed E-state index contributed by atoms with van der Waals surface area (Å²) in [5.41, 5.74) is 5.47. The average Bonchev–Trinajstić information content (AvgIpc) is 3.51. The minimum atomic E-state index is -1.49. The summed E-state index contributed by atoms with van der Waals surface area (Å²) in [6.45, 7) is 1.95. The molecule has 0 radical (unpaired) electrons. The molecule has 2 saturated heterocycles. The van der Waals surface area contributed by atoms with Crippen molar-refractivity contribution < 1.29 is 29.0 Å². The molecule has 252 valence electrons. The summed E-state index contributed by atoms with van der Waals surface area (Å²) in [7, 11) is 1.52. The van der Waals surface area contributed by atoms with Gasteiger partial charge in [-0.2, -0.15) is 5.01 Å². The lowest BCUT2D eigenvalue weighted by molar-refractivity contribution is -0.138. The molecule has 0 spiro atoms. The van der Waals surface area contributed by atoms with Gasteiger partial charge in [-0.3, -0.25) is 29.5 Å². The van der Waals surface area contributed by atoms with E-state index in [9.17, 15) is 19.5 Å². The maximum atomic E-state index is 15.2. The Bertz CT molecular complexity index is 2080. The maximum Gasteiger partial charge on any atom is 0.260 e. The molecular weight excluding hydrogens is 698 g/mol. The van der Waals surface area contributed by atoms with Gasteiger partial charge in [-0.05, 0) is 85.8 Å². The standard InChI is InChI=1S/C40H34BrN3O6/c1-22-8-12-25(13-9-22)42-44-37(47)32-21-30-28(17-18-29-34(30)38(48)43(36(29)46)26-14-10-24(41)11-15-26)35(31-20-27(50-2)16-19-33(31)45)40(32,39(44)49)23-6-4-3-5-7-23/h3-17,19-20,29-30,32,34-35,42,45H,18,21H2,1-2H3. The zero-order chi connectivity index (χ0) is 34.9. The number of imide groups is 2. The van der Waals surface area contributed by atoms with Gasteiger partial charge in [-0.25, -0.2) is 0 Å². The number of amides is 4. The third-order valence-corrected chi connectivity index (χ3v) is 11.6. The summed E-state index contributed by atoms with van der Waals surface area (Å²) in [6.07, 6.45) is 2.41. The number of nitrogens with one attached hydrogen (secondary N) is 1. The van der Waals surface area contributed by atoms with E-state index in [1.165, 1.54) is 18.1 Å². The van der Waals surface area contributed by atoms with Crippen molar-refractivity contribution in [3.8, 4) is 11.5 Å². The molecule has 10 heteroatoms. The topological polar surface area (TPSA) is 116 Å². The van der Waals surface area contributed by atoms with Crippen LogP contribution in [0.1, 0.15) is 35.4 Å². The normalized spacial score (nSPS) is 27.1. The Morgan fingerprint density at radius 2 is 1.58 bits per heavy atom. The van der Waals surface area contributed by atoms with E-state index >= 15 is 4.79 Å². The number of ether oxygens (including phenoxy) is 1. The summed E-state index contributed by atoms with van der Waals surface area (Å²) in [5.74, 6) is -4.84. The molecule has 2 aliphatic carbocycles. The number of phenolic OH excluding ortho intramolecular Hbond substituents is 1. The molecule has 2 aliphatic heterocycles. The number of benzene rings is 4. The fourth-order valence-electron chi connectivity index (χ4n) is 8.83. The smallest absolute Gasteiger partial charge is 0.260 e. The molecular formula is C40H34BrN3O6. The molecule has 4 aromatic rings. The number of hydrogen-bond donors (Lipinski definition) is 2. The van der Waals surface area contributed by atoms with Crippen LogP contribution in [0.5, 0.6) is 11.5 Å². The summed E-state index contributed by atoms with van der Waals surface area (Å²) in [6, 6.07) is 28.6. The van der Waals surface area contributed by atoms with Crippen LogP contribution in [0.3, 0.4) is 0 Å². The van der Waals surface area contributed by atoms with Crippen molar-refractivity contribution >= 4 is 50.9 Å². The van der Waals surface area contributed by atoms with E-state index in [2.05, 4.69) is 21.4 Å². The predicted molar refractivity (Wildman–Crippen MR) is 190 cm³/mol. The van der Waals surface area contributed by atoms with E-state index in [1.807, 2.05) is 67.6 Å². The Morgan fingerprint density at radius 3 is 2.28 bits per heavy atom. The predicted octanol–water partition coefficient (Wildman–Crippen LogP) is 6.66. The highest BCUT2D eigenvalue weighted by molar-refractivity contribution is 9.10. The number of aromatic hydroxyl groups is 1. The minimum absolute atomic E-state index is 0.0657. The molecule has 2 N–H and O–H groups in total. The maximum absolute atomic E-state index is 15.2. The first-order valence-electron chi connectivity index (χ1n) is 16.6. The number of rotatable bonds is 6. The highest BCUT2D eigenvalue weighted by atomic mass is 79.9. The highest BCUT2D eigenvalue weighted by Crippen LogP contribution is 2.65. The summed E-state index contributed by atoms with van der Waals surface area (Å²) in [5, 5.41) is 12.7. The Kier molecular flexibility index (Phi) is 7.67. The van der Waals surface area contributed by atoms with Crippen LogP contribution in [-0.4, -0.2) is 40.9 Å². The number of phenols is 1. The molecule has 6 atom stereocenters. The molecule has 9 nitrogen and oxygen atoms in total. The van der Waals surface area contributed by atoms with Gasteiger partial charge in [0.15, 0.2) is 0 Å². The van der Waals surface area contributed by atoms with E-state index in [0.29, 0.717) is 28.3 Å². The van der Waals surface area contributed by atoms with Crippen molar-refractivity contribution in [2.45, 2.75) is 31.1 Å². The first-order chi connectivity index (χ1) is 24.1. The first-order valence-corrected chi connectivity index (χ1v) is 17.4. The zero-order valence-corrected chi connectivity index (χ0v) is 29.0. The average molecular weight is 733 g/mol. The number of halogens is 1. The van der Waals surface area contributed by atoms with Gasteiger partial charge in [-0.1, -0.05) is 75.6 Å². The summed E-state index contributed by atoms with van der Waals surface area (Å²) in [4.78, 5) is 59.7. The Balaban J connectivity index is 1.33. The number of anilines is 2. The fourth-order valence-corrected chi connectivity index (χ4v) is 9.09. The Morgan fingerprint density at radius 1 is 0.860 bits per heavy atom. The zero-order valence-electron chi connectivity index (χ0n) is 27.4. The number of allylic oxidation sites excluding steroid dienone is 2. The van der Waals surface area contributed by atoms with Gasteiger partial charge in [0.05, 0.1) is 41.7 Å². The molecule has 8 rings (SSSR count). The van der Waals surface area contributed by atoms with Crippen LogP contribution in [-0.2, 0) is 24.6 Å². The summed E-state index contributed by atoms with van der Waals surface area (Å²) >= 11 is 3.43. The third kappa shape index (κ3) is 4.65. The number of methoxy groups -OCH3 is 1. The second-order valence-electron chi connectivity index (χ2n) is 13.5. The van der Waals surface area contributed by atoms with E-state index in [4.69, 9.17) is 4.74 Å². The number of aryl methyl sites for hydroxylation is 1. The molecule has 4 aromatic carbocycles. The quantitative estimate of drug-likeness (QED) is 0.168. The third-order valence-electron chi connectivity index (χ3n) is 11.0. The van der Waals surface area contributed by atoms with E-state index < -0.39 is 46.8 Å². The van der Waals surface area contributed by atoms with Gasteiger partial charge in [0.2, 0.25) is 11.8 Å². The van der Waals surface area contributed by atoms with Crippen molar-refractivity contribution in [2.24, 2.45) is 23.7 Å². The van der Waals surface area contributed by atoms with Crippen molar-refractivity contribution in [3.63, 3.8) is 0 Å². The monoisotopic (exact) mass is 731 g/mol. The Hall–Kier alpha value is -5.22. The van der Waals surface area contributed by atoms with Crippen LogP contribution in [0.4, 0.5) is 11.4 Å². The second-order valence-corrected chi connectivity index (χ2v) is 14.4. The number of carbonyl (C=O) groups excluding carboxylic acids is 4. The second kappa shape index (κ2) is 12.0. The van der Waals surface area contributed by atoms with Crippen LogP contribution in [0, 0.1) is 30.6 Å². The molecule has 4 amide bonds. The number of carbonyl (C=O) groups is 4. The number of hydrogen-bond acceptors (Lipinski definition) is 7. The van der Waals surface area contributed by atoms with E-state index in [1.54, 1.807) is 36.4 Å². The lowest BCUT2D eigenvalue weighted by Gasteiger charge is -2.50. The molecule has 6 unspecified atom stereocenters. The van der Waals surface area contributed by atoms with E-state index in [-0.39, 0.29) is 30.4 Å². The molecule has 1 saturated carbocycles. The number of hydrazine groups is 1. The molecule has 0 aromatic heterocycles.